The molecule has 3 N–H and O–H groups in total. The van der Waals surface area contributed by atoms with E-state index in [1.165, 1.54) is 0 Å². The molecule has 106 valence electrons. The molecule has 0 spiro atoms. The van der Waals surface area contributed by atoms with Crippen LogP contribution in [0, 0.1) is 0 Å². The summed E-state index contributed by atoms with van der Waals surface area (Å²) in [6.07, 6.45) is 2.40. The van der Waals surface area contributed by atoms with Gasteiger partial charge in [0.15, 0.2) is 0 Å². The molecule has 0 fully saturated rings. The molecule has 0 aliphatic carbocycles. The molecule has 1 unspecified atom stereocenters. The summed E-state index contributed by atoms with van der Waals surface area (Å²) in [7, 11) is 0. The van der Waals surface area contributed by atoms with Gasteiger partial charge in [-0.05, 0) is 38.0 Å². The van der Waals surface area contributed by atoms with Crippen molar-refractivity contribution in [2.45, 2.75) is 38.6 Å². The number of nitrogens with two attached hydrogens (primary N) is 1. The first-order valence-corrected chi connectivity index (χ1v) is 7.23. The molecule has 0 aliphatic rings. The van der Waals surface area contributed by atoms with Crippen molar-refractivity contribution in [1.29, 1.82) is 0 Å². The summed E-state index contributed by atoms with van der Waals surface area (Å²) >= 11 is 3.43. The first-order valence-electron chi connectivity index (χ1n) is 6.44. The Morgan fingerprint density at radius 3 is 2.84 bits per heavy atom. The molecule has 0 heterocycles. The first-order chi connectivity index (χ1) is 9.04. The lowest BCUT2D eigenvalue weighted by atomic mass is 10.0. The number of benzene rings is 1. The highest BCUT2D eigenvalue weighted by molar-refractivity contribution is 9.10. The van der Waals surface area contributed by atoms with Gasteiger partial charge in [0.25, 0.3) is 0 Å². The van der Waals surface area contributed by atoms with E-state index in [0.29, 0.717) is 13.0 Å². The fraction of sp³-hybridized carbons (Fsp3) is 0.500. The van der Waals surface area contributed by atoms with Crippen molar-refractivity contribution in [2.75, 3.05) is 6.61 Å². The standard InChI is InChI=1S/C14H20BrNO3/c1-2-19-13-8-7-10(15)9-11(13)12(16)5-3-4-6-14(17)18/h7-9,12H,2-6,16H2,1H3,(H,17,18). The Kier molecular flexibility index (Phi) is 6.87. The summed E-state index contributed by atoms with van der Waals surface area (Å²) < 4.78 is 6.53. The molecule has 1 aromatic carbocycles. The first kappa shape index (κ1) is 16.0. The number of hydrogen-bond donors (Lipinski definition) is 2. The quantitative estimate of drug-likeness (QED) is 0.716. The van der Waals surface area contributed by atoms with E-state index < -0.39 is 5.97 Å². The van der Waals surface area contributed by atoms with Gasteiger partial charge in [-0.3, -0.25) is 4.79 Å². The van der Waals surface area contributed by atoms with Crippen LogP contribution < -0.4 is 10.5 Å². The molecular weight excluding hydrogens is 310 g/mol. The number of rotatable bonds is 8. The van der Waals surface area contributed by atoms with Gasteiger partial charge in [-0.2, -0.15) is 0 Å². The number of ether oxygens (including phenoxy) is 1. The normalized spacial score (nSPS) is 12.2. The van der Waals surface area contributed by atoms with Crippen LogP contribution in [0.25, 0.3) is 0 Å². The number of carbonyl (C=O) groups is 1. The number of hydrogen-bond acceptors (Lipinski definition) is 3. The minimum Gasteiger partial charge on any atom is -0.494 e. The van der Waals surface area contributed by atoms with Gasteiger partial charge in [-0.25, -0.2) is 0 Å². The van der Waals surface area contributed by atoms with Crippen LogP contribution in [0.1, 0.15) is 44.2 Å². The Labute approximate surface area is 122 Å². The second-order valence-corrected chi connectivity index (χ2v) is 5.28. The number of aliphatic carboxylic acids is 1. The Morgan fingerprint density at radius 2 is 2.21 bits per heavy atom. The van der Waals surface area contributed by atoms with Gasteiger partial charge in [-0.15, -0.1) is 0 Å². The molecular formula is C14H20BrNO3. The van der Waals surface area contributed by atoms with E-state index >= 15 is 0 Å². The molecule has 0 bridgehead atoms. The molecule has 0 saturated carbocycles. The van der Waals surface area contributed by atoms with Crippen molar-refractivity contribution in [3.63, 3.8) is 0 Å². The van der Waals surface area contributed by atoms with E-state index in [9.17, 15) is 4.79 Å². The van der Waals surface area contributed by atoms with Gasteiger partial charge < -0.3 is 15.6 Å². The number of carboxylic acid groups (broad SMARTS) is 1. The zero-order valence-electron chi connectivity index (χ0n) is 11.1. The summed E-state index contributed by atoms with van der Waals surface area (Å²) in [5.74, 6) is 0.0440. The Hall–Kier alpha value is -1.07. The lowest BCUT2D eigenvalue weighted by Crippen LogP contribution is -2.12. The Bertz CT molecular complexity index is 423. The van der Waals surface area contributed by atoms with Crippen LogP contribution in [-0.4, -0.2) is 17.7 Å². The Morgan fingerprint density at radius 1 is 1.47 bits per heavy atom. The van der Waals surface area contributed by atoms with Gasteiger partial charge in [0, 0.05) is 22.5 Å². The van der Waals surface area contributed by atoms with Gasteiger partial charge in [0.2, 0.25) is 0 Å². The second-order valence-electron chi connectivity index (χ2n) is 4.36. The van der Waals surface area contributed by atoms with E-state index in [0.717, 1.165) is 28.6 Å². The van der Waals surface area contributed by atoms with Crippen LogP contribution in [0.2, 0.25) is 0 Å². The molecule has 0 aromatic heterocycles. The average molecular weight is 330 g/mol. The minimum atomic E-state index is -0.758. The molecule has 1 atom stereocenters. The van der Waals surface area contributed by atoms with Crippen LogP contribution >= 0.6 is 15.9 Å². The van der Waals surface area contributed by atoms with E-state index in [1.807, 2.05) is 25.1 Å². The summed E-state index contributed by atoms with van der Waals surface area (Å²) in [5, 5.41) is 8.59. The molecule has 0 aliphatic heterocycles. The third kappa shape index (κ3) is 5.61. The van der Waals surface area contributed by atoms with Crippen LogP contribution in [0.4, 0.5) is 0 Å². The summed E-state index contributed by atoms with van der Waals surface area (Å²) in [6, 6.07) is 5.66. The van der Waals surface area contributed by atoms with Crippen molar-refractivity contribution in [3.05, 3.63) is 28.2 Å². The van der Waals surface area contributed by atoms with E-state index in [1.54, 1.807) is 0 Å². The third-order valence-corrected chi connectivity index (χ3v) is 3.32. The maximum atomic E-state index is 10.4. The molecule has 19 heavy (non-hydrogen) atoms. The molecule has 4 nitrogen and oxygen atoms in total. The number of carboxylic acids is 1. The lowest BCUT2D eigenvalue weighted by Gasteiger charge is -2.17. The molecule has 0 amide bonds. The summed E-state index contributed by atoms with van der Waals surface area (Å²) in [4.78, 5) is 10.4. The van der Waals surface area contributed by atoms with Crippen molar-refractivity contribution in [3.8, 4) is 5.75 Å². The van der Waals surface area contributed by atoms with E-state index in [-0.39, 0.29) is 12.5 Å². The maximum absolute atomic E-state index is 10.4. The largest absolute Gasteiger partial charge is 0.494 e. The van der Waals surface area contributed by atoms with Gasteiger partial charge in [-0.1, -0.05) is 22.4 Å². The summed E-state index contributed by atoms with van der Waals surface area (Å²) in [5.41, 5.74) is 7.13. The molecule has 1 aromatic rings. The predicted molar refractivity (Wildman–Crippen MR) is 78.3 cm³/mol. The smallest absolute Gasteiger partial charge is 0.303 e. The van der Waals surface area contributed by atoms with Gasteiger partial charge in [0.1, 0.15) is 5.75 Å². The number of halogens is 1. The van der Waals surface area contributed by atoms with Crippen LogP contribution in [0.15, 0.2) is 22.7 Å². The lowest BCUT2D eigenvalue weighted by molar-refractivity contribution is -0.137. The number of unbranched alkanes of at least 4 members (excludes halogenated alkanes) is 1. The van der Waals surface area contributed by atoms with Crippen molar-refractivity contribution in [1.82, 2.24) is 0 Å². The van der Waals surface area contributed by atoms with Crippen molar-refractivity contribution in [2.24, 2.45) is 5.73 Å². The zero-order valence-corrected chi connectivity index (χ0v) is 12.6. The van der Waals surface area contributed by atoms with Crippen LogP contribution in [0.3, 0.4) is 0 Å². The highest BCUT2D eigenvalue weighted by atomic mass is 79.9. The van der Waals surface area contributed by atoms with E-state index in [4.69, 9.17) is 15.6 Å². The fourth-order valence-electron chi connectivity index (χ4n) is 1.89. The van der Waals surface area contributed by atoms with E-state index in [2.05, 4.69) is 15.9 Å². The predicted octanol–water partition coefficient (Wildman–Crippen LogP) is 3.49. The monoisotopic (exact) mass is 329 g/mol. The average Bonchev–Trinajstić information content (AvgIpc) is 2.36. The zero-order chi connectivity index (χ0) is 14.3. The van der Waals surface area contributed by atoms with Crippen LogP contribution in [0.5, 0.6) is 5.75 Å². The van der Waals surface area contributed by atoms with Gasteiger partial charge >= 0.3 is 5.97 Å². The summed E-state index contributed by atoms with van der Waals surface area (Å²) in [6.45, 7) is 2.53. The maximum Gasteiger partial charge on any atom is 0.303 e. The highest BCUT2D eigenvalue weighted by Gasteiger charge is 2.13. The Balaban J connectivity index is 2.61. The molecule has 0 saturated heterocycles. The SMILES string of the molecule is CCOc1ccc(Br)cc1C(N)CCCCC(=O)O. The van der Waals surface area contributed by atoms with Gasteiger partial charge in [0.05, 0.1) is 6.61 Å². The van der Waals surface area contributed by atoms with Crippen molar-refractivity contribution < 1.29 is 14.6 Å². The third-order valence-electron chi connectivity index (χ3n) is 2.83. The minimum absolute atomic E-state index is 0.132. The van der Waals surface area contributed by atoms with Crippen LogP contribution in [-0.2, 0) is 4.79 Å². The molecule has 1 rings (SSSR count). The second kappa shape index (κ2) is 8.17. The highest BCUT2D eigenvalue weighted by Crippen LogP contribution is 2.30. The molecule has 0 radical (unpaired) electrons. The van der Waals surface area contributed by atoms with Crippen molar-refractivity contribution >= 4 is 21.9 Å². The molecule has 5 heteroatoms. The fourth-order valence-corrected chi connectivity index (χ4v) is 2.27. The topological polar surface area (TPSA) is 72.5 Å².